The molecule has 0 amide bonds. The lowest BCUT2D eigenvalue weighted by atomic mass is 10.1. The van der Waals surface area contributed by atoms with Crippen LogP contribution in [0.3, 0.4) is 0 Å². The molecule has 0 aliphatic carbocycles. The Morgan fingerprint density at radius 3 is 2.81 bits per heavy atom. The van der Waals surface area contributed by atoms with Crippen LogP contribution >= 0.6 is 0 Å². The van der Waals surface area contributed by atoms with E-state index in [-0.39, 0.29) is 12.3 Å². The standard InChI is InChI=1S/C10H13NO5/c1-2-16-10(14)9(13)8(12)7-5-3-4-6-11(7)15/h3-6,8-9,12-13H,2H2,1H3. The monoisotopic (exact) mass is 227 g/mol. The minimum Gasteiger partial charge on any atom is -0.618 e. The molecule has 2 unspecified atom stereocenters. The fraction of sp³-hybridized carbons (Fsp3) is 0.400. The van der Waals surface area contributed by atoms with Crippen molar-refractivity contribution in [2.75, 3.05) is 6.61 Å². The Bertz CT molecular complexity index is 368. The van der Waals surface area contributed by atoms with Crippen molar-refractivity contribution in [3.05, 3.63) is 35.3 Å². The molecule has 1 aromatic heterocycles. The number of hydrogen-bond acceptors (Lipinski definition) is 5. The summed E-state index contributed by atoms with van der Waals surface area (Å²) in [5.41, 5.74) is -0.108. The van der Waals surface area contributed by atoms with Crippen molar-refractivity contribution in [1.29, 1.82) is 0 Å². The fourth-order valence-electron chi connectivity index (χ4n) is 1.19. The maximum atomic E-state index is 11.2. The van der Waals surface area contributed by atoms with Gasteiger partial charge in [-0.05, 0) is 13.0 Å². The molecule has 88 valence electrons. The molecule has 0 saturated carbocycles. The first-order valence-corrected chi connectivity index (χ1v) is 4.78. The molecule has 6 heteroatoms. The lowest BCUT2D eigenvalue weighted by molar-refractivity contribution is -0.619. The molecule has 2 N–H and O–H groups in total. The minimum absolute atomic E-state index is 0.0920. The van der Waals surface area contributed by atoms with Gasteiger partial charge in [-0.2, -0.15) is 4.73 Å². The summed E-state index contributed by atoms with van der Waals surface area (Å²) in [6, 6.07) is 4.31. The number of ether oxygens (including phenoxy) is 1. The van der Waals surface area contributed by atoms with E-state index >= 15 is 0 Å². The van der Waals surface area contributed by atoms with Crippen LogP contribution in [0.15, 0.2) is 24.4 Å². The van der Waals surface area contributed by atoms with Crippen LogP contribution in [-0.4, -0.2) is 28.9 Å². The van der Waals surface area contributed by atoms with Gasteiger partial charge in [0, 0.05) is 12.1 Å². The topological polar surface area (TPSA) is 93.7 Å². The van der Waals surface area contributed by atoms with Crippen molar-refractivity contribution in [3.8, 4) is 0 Å². The third kappa shape index (κ3) is 2.68. The Labute approximate surface area is 92.3 Å². The van der Waals surface area contributed by atoms with Gasteiger partial charge in [-0.25, -0.2) is 4.79 Å². The molecular weight excluding hydrogens is 214 g/mol. The highest BCUT2D eigenvalue weighted by atomic mass is 16.5. The van der Waals surface area contributed by atoms with Gasteiger partial charge in [-0.15, -0.1) is 0 Å². The second kappa shape index (κ2) is 5.43. The number of nitrogens with zero attached hydrogens (tertiary/aromatic N) is 1. The van der Waals surface area contributed by atoms with Crippen molar-refractivity contribution in [3.63, 3.8) is 0 Å². The summed E-state index contributed by atoms with van der Waals surface area (Å²) >= 11 is 0. The summed E-state index contributed by atoms with van der Waals surface area (Å²) < 4.78 is 4.91. The van der Waals surface area contributed by atoms with Crippen LogP contribution in [0.1, 0.15) is 18.7 Å². The number of hydrogen-bond donors (Lipinski definition) is 2. The highest BCUT2D eigenvalue weighted by Gasteiger charge is 2.31. The summed E-state index contributed by atoms with van der Waals surface area (Å²) in [6.07, 6.45) is -2.20. The first kappa shape index (κ1) is 12.4. The van der Waals surface area contributed by atoms with Crippen LogP contribution < -0.4 is 4.73 Å². The van der Waals surface area contributed by atoms with Crippen LogP contribution in [0.4, 0.5) is 0 Å². The first-order chi connectivity index (χ1) is 7.57. The molecule has 0 fully saturated rings. The summed E-state index contributed by atoms with van der Waals surface area (Å²) in [5.74, 6) is -0.959. The fourth-order valence-corrected chi connectivity index (χ4v) is 1.19. The lowest BCUT2D eigenvalue weighted by Crippen LogP contribution is -2.39. The van der Waals surface area contributed by atoms with E-state index in [2.05, 4.69) is 4.74 Å². The Morgan fingerprint density at radius 1 is 1.56 bits per heavy atom. The lowest BCUT2D eigenvalue weighted by Gasteiger charge is -2.15. The van der Waals surface area contributed by atoms with E-state index in [9.17, 15) is 20.2 Å². The van der Waals surface area contributed by atoms with Gasteiger partial charge in [-0.3, -0.25) is 0 Å². The third-order valence-electron chi connectivity index (χ3n) is 1.98. The smallest absolute Gasteiger partial charge is 0.338 e. The normalized spacial score (nSPS) is 14.2. The molecular formula is C10H13NO5. The van der Waals surface area contributed by atoms with E-state index in [1.807, 2.05) is 0 Å². The predicted molar refractivity (Wildman–Crippen MR) is 53.0 cm³/mol. The van der Waals surface area contributed by atoms with E-state index in [1.54, 1.807) is 6.92 Å². The number of carbonyl (C=O) groups is 1. The largest absolute Gasteiger partial charge is 0.618 e. The first-order valence-electron chi connectivity index (χ1n) is 4.78. The SMILES string of the molecule is CCOC(=O)C(O)C(O)c1cccc[n+]1[O-]. The molecule has 2 atom stereocenters. The van der Waals surface area contributed by atoms with Crippen LogP contribution in [0.5, 0.6) is 0 Å². The van der Waals surface area contributed by atoms with Crippen molar-refractivity contribution in [1.82, 2.24) is 0 Å². The van der Waals surface area contributed by atoms with Crippen molar-refractivity contribution in [2.24, 2.45) is 0 Å². The predicted octanol–water partition coefficient (Wildman–Crippen LogP) is -0.723. The average Bonchev–Trinajstić information content (AvgIpc) is 2.28. The van der Waals surface area contributed by atoms with Gasteiger partial charge in [0.1, 0.15) is 0 Å². The van der Waals surface area contributed by atoms with Gasteiger partial charge < -0.3 is 20.2 Å². The second-order valence-electron chi connectivity index (χ2n) is 3.09. The number of aromatic nitrogens is 1. The summed E-state index contributed by atoms with van der Waals surface area (Å²) in [5, 5.41) is 30.3. The minimum atomic E-state index is -1.76. The van der Waals surface area contributed by atoms with Crippen LogP contribution in [0.25, 0.3) is 0 Å². The summed E-state index contributed by atoms with van der Waals surface area (Å²) in [7, 11) is 0. The molecule has 6 nitrogen and oxygen atoms in total. The quantitative estimate of drug-likeness (QED) is 0.402. The molecule has 0 saturated heterocycles. The molecule has 1 rings (SSSR count). The maximum Gasteiger partial charge on any atom is 0.338 e. The third-order valence-corrected chi connectivity index (χ3v) is 1.98. The van der Waals surface area contributed by atoms with Gasteiger partial charge in [0.2, 0.25) is 5.69 Å². The number of aliphatic hydroxyl groups excluding tert-OH is 2. The van der Waals surface area contributed by atoms with Crippen molar-refractivity contribution in [2.45, 2.75) is 19.1 Å². The van der Waals surface area contributed by atoms with E-state index in [1.165, 1.54) is 18.2 Å². The highest BCUT2D eigenvalue weighted by molar-refractivity contribution is 5.75. The van der Waals surface area contributed by atoms with Gasteiger partial charge in [0.05, 0.1) is 6.61 Å². The molecule has 0 spiro atoms. The van der Waals surface area contributed by atoms with Crippen molar-refractivity contribution < 1.29 is 24.5 Å². The van der Waals surface area contributed by atoms with Gasteiger partial charge in [0.25, 0.3) is 0 Å². The Balaban J connectivity index is 2.82. The van der Waals surface area contributed by atoms with Gasteiger partial charge in [-0.1, -0.05) is 0 Å². The number of rotatable bonds is 4. The molecule has 1 heterocycles. The molecule has 1 aromatic rings. The maximum absolute atomic E-state index is 11.2. The van der Waals surface area contributed by atoms with Crippen molar-refractivity contribution >= 4 is 5.97 Å². The van der Waals surface area contributed by atoms with E-state index in [0.717, 1.165) is 6.20 Å². The zero-order chi connectivity index (χ0) is 12.1. The molecule has 0 radical (unpaired) electrons. The van der Waals surface area contributed by atoms with E-state index < -0.39 is 18.2 Å². The highest BCUT2D eigenvalue weighted by Crippen LogP contribution is 2.13. The van der Waals surface area contributed by atoms with Crippen LogP contribution in [-0.2, 0) is 9.53 Å². The number of aliphatic hydroxyl groups is 2. The Hall–Kier alpha value is -1.66. The average molecular weight is 227 g/mol. The van der Waals surface area contributed by atoms with Crippen LogP contribution in [0, 0.1) is 5.21 Å². The van der Waals surface area contributed by atoms with E-state index in [4.69, 9.17) is 0 Å². The molecule has 0 aliphatic rings. The van der Waals surface area contributed by atoms with Gasteiger partial charge >= 0.3 is 5.97 Å². The number of carbonyl (C=O) groups excluding carboxylic acids is 1. The zero-order valence-corrected chi connectivity index (χ0v) is 8.74. The summed E-state index contributed by atoms with van der Waals surface area (Å²) in [4.78, 5) is 11.1. The number of pyridine rings is 1. The Morgan fingerprint density at radius 2 is 2.25 bits per heavy atom. The molecule has 0 aromatic carbocycles. The summed E-state index contributed by atoms with van der Waals surface area (Å²) in [6.45, 7) is 1.67. The molecule has 0 bridgehead atoms. The number of esters is 1. The van der Waals surface area contributed by atoms with Gasteiger partial charge in [0.15, 0.2) is 18.4 Å². The zero-order valence-electron chi connectivity index (χ0n) is 8.74. The van der Waals surface area contributed by atoms with Crippen LogP contribution in [0.2, 0.25) is 0 Å². The molecule has 0 aliphatic heterocycles. The second-order valence-corrected chi connectivity index (χ2v) is 3.09. The van der Waals surface area contributed by atoms with E-state index in [0.29, 0.717) is 4.73 Å². The molecule has 16 heavy (non-hydrogen) atoms. The Kier molecular flexibility index (Phi) is 4.21.